The van der Waals surface area contributed by atoms with Gasteiger partial charge < -0.3 is 5.11 Å². The van der Waals surface area contributed by atoms with Crippen molar-refractivity contribution in [1.82, 2.24) is 9.97 Å². The maximum Gasteiger partial charge on any atom is 0.0886 e. The van der Waals surface area contributed by atoms with E-state index in [4.69, 9.17) is 0 Å². The summed E-state index contributed by atoms with van der Waals surface area (Å²) in [5, 5.41) is 11.1. The molecule has 0 aliphatic carbocycles. The Morgan fingerprint density at radius 2 is 1.56 bits per heavy atom. The van der Waals surface area contributed by atoms with Gasteiger partial charge in [-0.1, -0.05) is 71.4 Å². The van der Waals surface area contributed by atoms with Gasteiger partial charge in [0.05, 0.1) is 17.5 Å². The summed E-state index contributed by atoms with van der Waals surface area (Å²) in [5.41, 5.74) is 2.70. The molecule has 2 aromatic rings. The molecule has 0 saturated carbocycles. The highest BCUT2D eigenvalue weighted by atomic mass is 16.3. The van der Waals surface area contributed by atoms with Gasteiger partial charge in [0, 0.05) is 17.8 Å². The van der Waals surface area contributed by atoms with Crippen LogP contribution in [0.1, 0.15) is 84.1 Å². The van der Waals surface area contributed by atoms with Crippen LogP contribution in [0.4, 0.5) is 0 Å². The third-order valence-electron chi connectivity index (χ3n) is 6.00. The average Bonchev–Trinajstić information content (AvgIpc) is 2.73. The molecule has 0 radical (unpaired) electrons. The van der Waals surface area contributed by atoms with Gasteiger partial charge in [0.15, 0.2) is 0 Å². The smallest absolute Gasteiger partial charge is 0.0886 e. The zero-order valence-electron chi connectivity index (χ0n) is 17.3. The van der Waals surface area contributed by atoms with E-state index >= 15 is 0 Å². The van der Waals surface area contributed by atoms with Crippen molar-refractivity contribution in [3.63, 3.8) is 0 Å². The molecule has 0 saturated heterocycles. The van der Waals surface area contributed by atoms with Crippen LogP contribution in [0.2, 0.25) is 0 Å². The van der Waals surface area contributed by atoms with Crippen LogP contribution in [0, 0.1) is 0 Å². The lowest BCUT2D eigenvalue weighted by atomic mass is 9.70. The van der Waals surface area contributed by atoms with Crippen molar-refractivity contribution in [3.05, 3.63) is 48.3 Å². The van der Waals surface area contributed by atoms with Crippen molar-refractivity contribution in [2.45, 2.75) is 90.1 Å². The van der Waals surface area contributed by atoms with Crippen LogP contribution < -0.4 is 0 Å². The molecule has 0 aliphatic heterocycles. The summed E-state index contributed by atoms with van der Waals surface area (Å²) in [7, 11) is 0. The van der Waals surface area contributed by atoms with Crippen LogP contribution in [0.15, 0.2) is 42.7 Å². The molecule has 0 aromatic carbocycles. The summed E-state index contributed by atoms with van der Waals surface area (Å²) in [5.74, 6) is 0. The molecule has 1 atom stereocenters. The highest BCUT2D eigenvalue weighted by Gasteiger charge is 2.36. The van der Waals surface area contributed by atoms with Gasteiger partial charge in [0.2, 0.25) is 0 Å². The molecule has 1 unspecified atom stereocenters. The second kappa shape index (κ2) is 11.2. The van der Waals surface area contributed by atoms with E-state index in [-0.39, 0.29) is 11.5 Å². The standard InChI is InChI=1S/C24H36N2O/c1-4-7-8-9-10-11-15-23(27)24(5-2,6-3)20-16-17-22(26-19-20)21-14-12-13-18-25-21/h12-14,16-19,23,27H,4-11,15H2,1-3H3. The van der Waals surface area contributed by atoms with Gasteiger partial charge >= 0.3 is 0 Å². The van der Waals surface area contributed by atoms with Gasteiger partial charge in [-0.25, -0.2) is 0 Å². The lowest BCUT2D eigenvalue weighted by molar-refractivity contribution is 0.0629. The lowest BCUT2D eigenvalue weighted by Gasteiger charge is -2.37. The predicted octanol–water partition coefficient (Wildman–Crippen LogP) is 6.31. The second-order valence-electron chi connectivity index (χ2n) is 7.58. The fourth-order valence-electron chi connectivity index (χ4n) is 4.07. The van der Waals surface area contributed by atoms with E-state index in [9.17, 15) is 5.11 Å². The first-order valence-corrected chi connectivity index (χ1v) is 10.7. The predicted molar refractivity (Wildman–Crippen MR) is 114 cm³/mol. The minimum absolute atomic E-state index is 0.209. The van der Waals surface area contributed by atoms with E-state index in [0.29, 0.717) is 0 Å². The van der Waals surface area contributed by atoms with Crippen LogP contribution in [0.5, 0.6) is 0 Å². The summed E-state index contributed by atoms with van der Waals surface area (Å²) >= 11 is 0. The van der Waals surface area contributed by atoms with Crippen molar-refractivity contribution in [2.24, 2.45) is 0 Å². The molecule has 3 heteroatoms. The van der Waals surface area contributed by atoms with Gasteiger partial charge in [0.1, 0.15) is 0 Å². The zero-order chi connectivity index (χ0) is 19.5. The van der Waals surface area contributed by atoms with E-state index in [1.54, 1.807) is 6.20 Å². The first-order valence-electron chi connectivity index (χ1n) is 10.7. The molecule has 148 valence electrons. The lowest BCUT2D eigenvalue weighted by Crippen LogP contribution is -2.38. The molecular formula is C24H36N2O. The van der Waals surface area contributed by atoms with Gasteiger partial charge in [-0.15, -0.1) is 0 Å². The first-order chi connectivity index (χ1) is 13.2. The molecule has 2 aromatic heterocycles. The number of aliphatic hydroxyl groups is 1. The van der Waals surface area contributed by atoms with Crippen molar-refractivity contribution < 1.29 is 5.11 Å². The normalized spacial score (nSPS) is 12.9. The molecule has 0 bridgehead atoms. The summed E-state index contributed by atoms with van der Waals surface area (Å²) in [6.07, 6.45) is 13.7. The fourth-order valence-corrected chi connectivity index (χ4v) is 4.07. The van der Waals surface area contributed by atoms with E-state index in [0.717, 1.165) is 42.6 Å². The van der Waals surface area contributed by atoms with Crippen LogP contribution in [-0.2, 0) is 5.41 Å². The summed E-state index contributed by atoms with van der Waals surface area (Å²) in [6, 6.07) is 10.0. The maximum absolute atomic E-state index is 11.1. The van der Waals surface area contributed by atoms with Gasteiger partial charge in [-0.2, -0.15) is 0 Å². The topological polar surface area (TPSA) is 46.0 Å². The average molecular weight is 369 g/mol. The van der Waals surface area contributed by atoms with Crippen LogP contribution in [0.3, 0.4) is 0 Å². The monoisotopic (exact) mass is 368 g/mol. The Morgan fingerprint density at radius 3 is 2.15 bits per heavy atom. The molecule has 0 spiro atoms. The van der Waals surface area contributed by atoms with E-state index in [1.165, 1.54) is 32.1 Å². The molecule has 2 rings (SSSR count). The highest BCUT2D eigenvalue weighted by Crippen LogP contribution is 2.37. The molecule has 27 heavy (non-hydrogen) atoms. The zero-order valence-corrected chi connectivity index (χ0v) is 17.3. The summed E-state index contributed by atoms with van der Waals surface area (Å²) in [6.45, 7) is 6.61. The Bertz CT molecular complexity index is 635. The molecule has 0 fully saturated rings. The minimum Gasteiger partial charge on any atom is -0.392 e. The number of nitrogens with zero attached hydrogens (tertiary/aromatic N) is 2. The maximum atomic E-state index is 11.1. The first kappa shape index (κ1) is 21.6. The van der Waals surface area contributed by atoms with Gasteiger partial charge in [-0.3, -0.25) is 9.97 Å². The molecule has 3 nitrogen and oxygen atoms in total. The van der Waals surface area contributed by atoms with E-state index in [2.05, 4.69) is 36.8 Å². The SMILES string of the molecule is CCCCCCCCC(O)C(CC)(CC)c1ccc(-c2ccccn2)nc1. The van der Waals surface area contributed by atoms with Crippen LogP contribution in [-0.4, -0.2) is 21.2 Å². The van der Waals surface area contributed by atoms with Gasteiger partial charge in [-0.05, 0) is 43.0 Å². The number of rotatable bonds is 12. The second-order valence-corrected chi connectivity index (χ2v) is 7.58. The molecule has 0 aliphatic rings. The molecule has 1 N–H and O–H groups in total. The number of aromatic nitrogens is 2. The molecular weight excluding hydrogens is 332 g/mol. The number of aliphatic hydroxyl groups excluding tert-OH is 1. The largest absolute Gasteiger partial charge is 0.392 e. The van der Waals surface area contributed by atoms with Crippen molar-refractivity contribution in [1.29, 1.82) is 0 Å². The molecule has 2 heterocycles. The summed E-state index contributed by atoms with van der Waals surface area (Å²) < 4.78 is 0. The number of hydrogen-bond donors (Lipinski definition) is 1. The van der Waals surface area contributed by atoms with Crippen LogP contribution >= 0.6 is 0 Å². The Hall–Kier alpha value is -1.74. The van der Waals surface area contributed by atoms with E-state index in [1.807, 2.05) is 30.5 Å². The van der Waals surface area contributed by atoms with Crippen LogP contribution in [0.25, 0.3) is 11.4 Å². The Labute approximate surface area is 165 Å². The Morgan fingerprint density at radius 1 is 0.852 bits per heavy atom. The summed E-state index contributed by atoms with van der Waals surface area (Å²) in [4.78, 5) is 9.03. The number of pyridine rings is 2. The quantitative estimate of drug-likeness (QED) is 0.446. The third kappa shape index (κ3) is 5.62. The fraction of sp³-hybridized carbons (Fsp3) is 0.583. The number of unbranched alkanes of at least 4 members (excludes halogenated alkanes) is 5. The molecule has 0 amide bonds. The number of hydrogen-bond acceptors (Lipinski definition) is 3. The minimum atomic E-state index is -0.318. The van der Waals surface area contributed by atoms with E-state index < -0.39 is 0 Å². The van der Waals surface area contributed by atoms with Crippen molar-refractivity contribution in [3.8, 4) is 11.4 Å². The third-order valence-corrected chi connectivity index (χ3v) is 6.00. The highest BCUT2D eigenvalue weighted by molar-refractivity contribution is 5.53. The Kier molecular flexibility index (Phi) is 8.93. The van der Waals surface area contributed by atoms with Crippen molar-refractivity contribution in [2.75, 3.05) is 0 Å². The van der Waals surface area contributed by atoms with Gasteiger partial charge in [0.25, 0.3) is 0 Å². The Balaban J connectivity index is 2.05. The van der Waals surface area contributed by atoms with Crippen molar-refractivity contribution >= 4 is 0 Å².